The zero-order chi connectivity index (χ0) is 28.7. The minimum absolute atomic E-state index is 0.115. The Bertz CT molecular complexity index is 1420. The van der Waals surface area contributed by atoms with E-state index in [0.29, 0.717) is 30.0 Å². The molecule has 1 saturated heterocycles. The standard InChI is InChI=1S/C29H29F3N6O2/c1-3-37-12-14-38(15-13-37)19-24-8-7-23(17-25(24)29(30,31)32)28(40)36-27-16-21(10-11-33-27)4-5-22-6-9-26(34-18-22)35-20(2)39/h6-11,16-18H,3,12-15,19H2,1-2H3,(H,33,36,40)(H,34,35,39). The third-order valence-electron chi connectivity index (χ3n) is 6.40. The van der Waals surface area contributed by atoms with Crippen LogP contribution in [0.15, 0.2) is 54.9 Å². The highest BCUT2D eigenvalue weighted by atomic mass is 19.4. The van der Waals surface area contributed by atoms with Crippen LogP contribution in [0.25, 0.3) is 0 Å². The summed E-state index contributed by atoms with van der Waals surface area (Å²) >= 11 is 0. The number of likely N-dealkylation sites (N-methyl/N-ethyl adjacent to an activating group) is 1. The van der Waals surface area contributed by atoms with Crippen LogP contribution in [0, 0.1) is 11.8 Å². The molecule has 1 aromatic carbocycles. The SMILES string of the molecule is CCN1CCN(Cc2ccc(C(=O)Nc3cc(C#Cc4ccc(NC(C)=O)nc4)ccn3)cc2C(F)(F)F)CC1. The summed E-state index contributed by atoms with van der Waals surface area (Å²) in [5.41, 5.74) is 0.345. The normalized spacial score (nSPS) is 14.2. The Kier molecular flexibility index (Phi) is 9.14. The Morgan fingerprint density at radius 2 is 1.62 bits per heavy atom. The molecule has 8 nitrogen and oxygen atoms in total. The first kappa shape index (κ1) is 28.7. The Hall–Kier alpha value is -4.27. The number of aromatic nitrogens is 2. The van der Waals surface area contributed by atoms with Gasteiger partial charge in [-0.2, -0.15) is 13.2 Å². The van der Waals surface area contributed by atoms with Crippen LogP contribution < -0.4 is 10.6 Å². The molecule has 0 radical (unpaired) electrons. The Balaban J connectivity index is 1.45. The number of benzene rings is 1. The van der Waals surface area contributed by atoms with Crippen molar-refractivity contribution >= 4 is 23.5 Å². The number of nitrogens with one attached hydrogen (secondary N) is 2. The Morgan fingerprint density at radius 3 is 2.27 bits per heavy atom. The van der Waals surface area contributed by atoms with Crippen LogP contribution in [0.1, 0.15) is 46.5 Å². The summed E-state index contributed by atoms with van der Waals surface area (Å²) in [7, 11) is 0. The molecule has 0 atom stereocenters. The van der Waals surface area contributed by atoms with Crippen LogP contribution in [-0.2, 0) is 17.5 Å². The summed E-state index contributed by atoms with van der Waals surface area (Å²) in [6, 6.07) is 10.2. The van der Waals surface area contributed by atoms with Gasteiger partial charge in [0.1, 0.15) is 11.6 Å². The maximum atomic E-state index is 13.9. The highest BCUT2D eigenvalue weighted by Gasteiger charge is 2.34. The minimum Gasteiger partial charge on any atom is -0.311 e. The number of pyridine rings is 2. The molecule has 208 valence electrons. The summed E-state index contributed by atoms with van der Waals surface area (Å²) < 4.78 is 41.8. The van der Waals surface area contributed by atoms with Gasteiger partial charge < -0.3 is 15.5 Å². The van der Waals surface area contributed by atoms with Crippen molar-refractivity contribution in [2.45, 2.75) is 26.6 Å². The second-order valence-corrected chi connectivity index (χ2v) is 9.33. The van der Waals surface area contributed by atoms with E-state index in [1.807, 2.05) is 4.90 Å². The number of amides is 2. The Morgan fingerprint density at radius 1 is 0.900 bits per heavy atom. The van der Waals surface area contributed by atoms with Gasteiger partial charge in [0.2, 0.25) is 5.91 Å². The molecule has 0 aliphatic carbocycles. The fourth-order valence-corrected chi connectivity index (χ4v) is 4.26. The lowest BCUT2D eigenvalue weighted by Gasteiger charge is -2.34. The molecule has 2 amide bonds. The summed E-state index contributed by atoms with van der Waals surface area (Å²) in [4.78, 5) is 36.4. The fourth-order valence-electron chi connectivity index (χ4n) is 4.26. The third kappa shape index (κ3) is 7.88. The highest BCUT2D eigenvalue weighted by molar-refractivity contribution is 6.04. The van der Waals surface area contributed by atoms with Gasteiger partial charge in [-0.15, -0.1) is 0 Å². The van der Waals surface area contributed by atoms with E-state index in [1.165, 1.54) is 37.5 Å². The quantitative estimate of drug-likeness (QED) is 0.447. The number of carbonyl (C=O) groups excluding carboxylic acids is 2. The summed E-state index contributed by atoms with van der Waals surface area (Å²) in [6.45, 7) is 7.55. The topological polar surface area (TPSA) is 90.5 Å². The first-order valence-corrected chi connectivity index (χ1v) is 12.8. The molecule has 0 spiro atoms. The van der Waals surface area contributed by atoms with Crippen molar-refractivity contribution < 1.29 is 22.8 Å². The number of piperazine rings is 1. The molecule has 4 rings (SSSR count). The number of nitrogens with zero attached hydrogens (tertiary/aromatic N) is 4. The van der Waals surface area contributed by atoms with Gasteiger partial charge in [-0.3, -0.25) is 14.5 Å². The smallest absolute Gasteiger partial charge is 0.311 e. The van der Waals surface area contributed by atoms with Crippen molar-refractivity contribution in [1.82, 2.24) is 19.8 Å². The van der Waals surface area contributed by atoms with E-state index in [1.54, 1.807) is 18.2 Å². The van der Waals surface area contributed by atoms with E-state index in [0.717, 1.165) is 25.7 Å². The van der Waals surface area contributed by atoms with E-state index in [2.05, 4.69) is 44.3 Å². The van der Waals surface area contributed by atoms with Gasteiger partial charge in [0, 0.05) is 68.7 Å². The first-order chi connectivity index (χ1) is 19.1. The molecule has 0 bridgehead atoms. The second-order valence-electron chi connectivity index (χ2n) is 9.33. The predicted octanol–water partition coefficient (Wildman–Crippen LogP) is 4.24. The number of hydrogen-bond acceptors (Lipinski definition) is 6. The summed E-state index contributed by atoms with van der Waals surface area (Å²) in [6.07, 6.45) is -1.64. The van der Waals surface area contributed by atoms with Crippen molar-refractivity contribution in [2.75, 3.05) is 43.4 Å². The Labute approximate surface area is 230 Å². The summed E-state index contributed by atoms with van der Waals surface area (Å²) in [5, 5.41) is 5.13. The van der Waals surface area contributed by atoms with Gasteiger partial charge in [-0.1, -0.05) is 24.8 Å². The molecule has 2 aromatic heterocycles. The third-order valence-corrected chi connectivity index (χ3v) is 6.40. The van der Waals surface area contributed by atoms with Crippen molar-refractivity contribution in [1.29, 1.82) is 0 Å². The van der Waals surface area contributed by atoms with E-state index < -0.39 is 17.6 Å². The number of anilines is 2. The van der Waals surface area contributed by atoms with Crippen LogP contribution >= 0.6 is 0 Å². The van der Waals surface area contributed by atoms with Gasteiger partial charge in [0.25, 0.3) is 5.91 Å². The first-order valence-electron chi connectivity index (χ1n) is 12.8. The second kappa shape index (κ2) is 12.7. The highest BCUT2D eigenvalue weighted by Crippen LogP contribution is 2.33. The van der Waals surface area contributed by atoms with E-state index >= 15 is 0 Å². The van der Waals surface area contributed by atoms with E-state index in [4.69, 9.17) is 0 Å². The lowest BCUT2D eigenvalue weighted by molar-refractivity contribution is -0.138. The molecule has 1 aliphatic rings. The van der Waals surface area contributed by atoms with Gasteiger partial charge >= 0.3 is 6.18 Å². The zero-order valence-electron chi connectivity index (χ0n) is 22.2. The van der Waals surface area contributed by atoms with Crippen LogP contribution in [-0.4, -0.2) is 64.3 Å². The molecule has 3 aromatic rings. The average Bonchev–Trinajstić information content (AvgIpc) is 2.92. The van der Waals surface area contributed by atoms with Crippen LogP contribution in [0.5, 0.6) is 0 Å². The van der Waals surface area contributed by atoms with Crippen molar-refractivity contribution in [3.8, 4) is 11.8 Å². The molecule has 1 fully saturated rings. The summed E-state index contributed by atoms with van der Waals surface area (Å²) in [5.74, 6) is 5.48. The van der Waals surface area contributed by atoms with E-state index in [9.17, 15) is 22.8 Å². The number of alkyl halides is 3. The van der Waals surface area contributed by atoms with Gasteiger partial charge in [-0.05, 0) is 48.5 Å². The van der Waals surface area contributed by atoms with Crippen molar-refractivity contribution in [3.63, 3.8) is 0 Å². The number of rotatable bonds is 6. The zero-order valence-corrected chi connectivity index (χ0v) is 22.2. The van der Waals surface area contributed by atoms with E-state index in [-0.39, 0.29) is 29.4 Å². The predicted molar refractivity (Wildman–Crippen MR) is 146 cm³/mol. The van der Waals surface area contributed by atoms with Gasteiger partial charge in [0.05, 0.1) is 5.56 Å². The van der Waals surface area contributed by atoms with Crippen LogP contribution in [0.2, 0.25) is 0 Å². The van der Waals surface area contributed by atoms with Crippen LogP contribution in [0.4, 0.5) is 24.8 Å². The van der Waals surface area contributed by atoms with Crippen LogP contribution in [0.3, 0.4) is 0 Å². The fraction of sp³-hybridized carbons (Fsp3) is 0.310. The molecular weight excluding hydrogens is 521 g/mol. The molecule has 0 unspecified atom stereocenters. The largest absolute Gasteiger partial charge is 0.416 e. The average molecular weight is 551 g/mol. The number of carbonyl (C=O) groups is 2. The monoisotopic (exact) mass is 550 g/mol. The molecule has 3 heterocycles. The lowest BCUT2D eigenvalue weighted by Crippen LogP contribution is -2.45. The van der Waals surface area contributed by atoms with Crippen molar-refractivity contribution in [2.24, 2.45) is 0 Å². The maximum absolute atomic E-state index is 13.9. The number of halogens is 3. The molecule has 2 N–H and O–H groups in total. The molecular formula is C29H29F3N6O2. The maximum Gasteiger partial charge on any atom is 0.416 e. The minimum atomic E-state index is -4.60. The van der Waals surface area contributed by atoms with Gasteiger partial charge in [0.15, 0.2) is 0 Å². The molecule has 40 heavy (non-hydrogen) atoms. The molecule has 11 heteroatoms. The lowest BCUT2D eigenvalue weighted by atomic mass is 10.0. The number of hydrogen-bond donors (Lipinski definition) is 2. The molecule has 0 saturated carbocycles. The van der Waals surface area contributed by atoms with Crippen molar-refractivity contribution in [3.05, 3.63) is 82.7 Å². The van der Waals surface area contributed by atoms with Gasteiger partial charge in [-0.25, -0.2) is 9.97 Å². The molecule has 1 aliphatic heterocycles.